The van der Waals surface area contributed by atoms with Crippen molar-refractivity contribution < 1.29 is 0 Å². The van der Waals surface area contributed by atoms with Crippen molar-refractivity contribution in [2.45, 2.75) is 20.0 Å². The number of nitrogens with two attached hydrogens (primary N) is 1. The maximum Gasteiger partial charge on any atom is 0.0426 e. The van der Waals surface area contributed by atoms with Gasteiger partial charge < -0.3 is 10.6 Å². The molecule has 2 heteroatoms. The Labute approximate surface area is 109 Å². The normalized spacial score (nSPS) is 10.4. The number of rotatable bonds is 4. The molecule has 0 saturated heterocycles. The first-order chi connectivity index (χ1) is 8.69. The zero-order valence-corrected chi connectivity index (χ0v) is 11.1. The number of hydrogen-bond donors (Lipinski definition) is 1. The molecule has 0 fully saturated rings. The second-order valence-corrected chi connectivity index (χ2v) is 4.72. The van der Waals surface area contributed by atoms with Crippen LogP contribution in [0.25, 0.3) is 0 Å². The molecule has 0 heterocycles. The molecule has 0 aliphatic carbocycles. The van der Waals surface area contributed by atoms with Gasteiger partial charge in [-0.25, -0.2) is 0 Å². The molecule has 2 aromatic rings. The third-order valence-corrected chi connectivity index (χ3v) is 3.12. The lowest BCUT2D eigenvalue weighted by molar-refractivity contribution is 0.916. The van der Waals surface area contributed by atoms with E-state index >= 15 is 0 Å². The van der Waals surface area contributed by atoms with Gasteiger partial charge in [-0.3, -0.25) is 0 Å². The van der Waals surface area contributed by atoms with E-state index in [0.717, 1.165) is 6.54 Å². The first kappa shape index (κ1) is 12.7. The Morgan fingerprint density at radius 1 is 1.00 bits per heavy atom. The molecule has 2 N–H and O–H groups in total. The van der Waals surface area contributed by atoms with Crippen molar-refractivity contribution in [1.29, 1.82) is 0 Å². The summed E-state index contributed by atoms with van der Waals surface area (Å²) >= 11 is 0. The van der Waals surface area contributed by atoms with Crippen molar-refractivity contribution in [1.82, 2.24) is 0 Å². The second-order valence-electron chi connectivity index (χ2n) is 4.72. The number of anilines is 1. The molecule has 2 aromatic carbocycles. The van der Waals surface area contributed by atoms with Gasteiger partial charge in [-0.1, -0.05) is 42.0 Å². The van der Waals surface area contributed by atoms with Crippen LogP contribution in [0, 0.1) is 6.92 Å². The van der Waals surface area contributed by atoms with Crippen LogP contribution in [-0.2, 0) is 13.1 Å². The van der Waals surface area contributed by atoms with E-state index in [1.165, 1.54) is 22.4 Å². The van der Waals surface area contributed by atoms with Gasteiger partial charge in [0.15, 0.2) is 0 Å². The van der Waals surface area contributed by atoms with Gasteiger partial charge in [-0.2, -0.15) is 0 Å². The van der Waals surface area contributed by atoms with Crippen LogP contribution in [0.3, 0.4) is 0 Å². The zero-order valence-electron chi connectivity index (χ0n) is 11.1. The van der Waals surface area contributed by atoms with Crippen LogP contribution in [0.2, 0.25) is 0 Å². The molecule has 0 bridgehead atoms. The van der Waals surface area contributed by atoms with Crippen molar-refractivity contribution in [2.24, 2.45) is 5.73 Å². The Kier molecular flexibility index (Phi) is 4.00. The highest BCUT2D eigenvalue weighted by Gasteiger charge is 2.02. The van der Waals surface area contributed by atoms with E-state index in [2.05, 4.69) is 67.4 Å². The molecular formula is C16H20N2. The summed E-state index contributed by atoms with van der Waals surface area (Å²) in [5.74, 6) is 0. The molecule has 0 radical (unpaired) electrons. The summed E-state index contributed by atoms with van der Waals surface area (Å²) in [7, 11) is 2.11. The molecule has 0 amide bonds. The smallest absolute Gasteiger partial charge is 0.0426 e. The van der Waals surface area contributed by atoms with Gasteiger partial charge in [-0.15, -0.1) is 0 Å². The largest absolute Gasteiger partial charge is 0.370 e. The maximum atomic E-state index is 5.66. The Balaban J connectivity index is 2.10. The molecule has 2 rings (SSSR count). The van der Waals surface area contributed by atoms with Crippen LogP contribution in [0.4, 0.5) is 5.69 Å². The summed E-state index contributed by atoms with van der Waals surface area (Å²) in [6, 6.07) is 17.0. The summed E-state index contributed by atoms with van der Waals surface area (Å²) in [4.78, 5) is 2.25. The maximum absolute atomic E-state index is 5.66. The van der Waals surface area contributed by atoms with Crippen LogP contribution in [0.5, 0.6) is 0 Å². The Morgan fingerprint density at radius 3 is 2.33 bits per heavy atom. The lowest BCUT2D eigenvalue weighted by atomic mass is 10.1. The third-order valence-electron chi connectivity index (χ3n) is 3.12. The molecule has 0 atom stereocenters. The fraction of sp³-hybridized carbons (Fsp3) is 0.250. The number of hydrogen-bond acceptors (Lipinski definition) is 2. The second kappa shape index (κ2) is 5.69. The van der Waals surface area contributed by atoms with E-state index in [1.54, 1.807) is 0 Å². The predicted molar refractivity (Wildman–Crippen MR) is 77.6 cm³/mol. The minimum atomic E-state index is 0.599. The zero-order chi connectivity index (χ0) is 13.0. The van der Waals surface area contributed by atoms with Crippen LogP contribution in [0.1, 0.15) is 16.7 Å². The molecule has 0 aliphatic rings. The lowest BCUT2D eigenvalue weighted by Gasteiger charge is -2.20. The van der Waals surface area contributed by atoms with Gasteiger partial charge in [0, 0.05) is 25.8 Å². The van der Waals surface area contributed by atoms with Crippen molar-refractivity contribution in [3.63, 3.8) is 0 Å². The lowest BCUT2D eigenvalue weighted by Crippen LogP contribution is -2.16. The molecule has 0 spiro atoms. The predicted octanol–water partition coefficient (Wildman–Crippen LogP) is 3.09. The Morgan fingerprint density at radius 2 is 1.67 bits per heavy atom. The van der Waals surface area contributed by atoms with Gasteiger partial charge in [0.25, 0.3) is 0 Å². The van der Waals surface area contributed by atoms with Crippen molar-refractivity contribution in [2.75, 3.05) is 11.9 Å². The van der Waals surface area contributed by atoms with E-state index in [-0.39, 0.29) is 0 Å². The molecular weight excluding hydrogens is 220 g/mol. The summed E-state index contributed by atoms with van der Waals surface area (Å²) in [5, 5.41) is 0. The van der Waals surface area contributed by atoms with Crippen molar-refractivity contribution in [3.8, 4) is 0 Å². The van der Waals surface area contributed by atoms with Gasteiger partial charge in [0.1, 0.15) is 0 Å². The topological polar surface area (TPSA) is 29.3 Å². The first-order valence-corrected chi connectivity index (χ1v) is 6.25. The highest BCUT2D eigenvalue weighted by Crippen LogP contribution is 2.16. The fourth-order valence-corrected chi connectivity index (χ4v) is 2.02. The summed E-state index contributed by atoms with van der Waals surface area (Å²) < 4.78 is 0. The monoisotopic (exact) mass is 240 g/mol. The average molecular weight is 240 g/mol. The minimum Gasteiger partial charge on any atom is -0.370 e. The molecule has 0 aliphatic heterocycles. The number of nitrogens with zero attached hydrogens (tertiary/aromatic N) is 1. The highest BCUT2D eigenvalue weighted by atomic mass is 15.1. The molecule has 0 saturated carbocycles. The van der Waals surface area contributed by atoms with Crippen LogP contribution >= 0.6 is 0 Å². The molecule has 2 nitrogen and oxygen atoms in total. The quantitative estimate of drug-likeness (QED) is 0.889. The van der Waals surface area contributed by atoms with Gasteiger partial charge in [0.05, 0.1) is 0 Å². The standard InChI is InChI=1S/C16H20N2/c1-13-6-8-16(9-7-13)18(2)12-15-5-3-4-14(10-15)11-17/h3-10H,11-12,17H2,1-2H3. The Hall–Kier alpha value is -1.80. The number of aryl methyl sites for hydroxylation is 1. The van der Waals surface area contributed by atoms with E-state index in [1.807, 2.05) is 0 Å². The van der Waals surface area contributed by atoms with Crippen LogP contribution in [-0.4, -0.2) is 7.05 Å². The molecule has 0 aromatic heterocycles. The average Bonchev–Trinajstić information content (AvgIpc) is 2.39. The van der Waals surface area contributed by atoms with E-state index < -0.39 is 0 Å². The Bertz CT molecular complexity index is 503. The first-order valence-electron chi connectivity index (χ1n) is 6.25. The minimum absolute atomic E-state index is 0.599. The summed E-state index contributed by atoms with van der Waals surface area (Å²) in [5.41, 5.74) is 10.7. The number of benzene rings is 2. The summed E-state index contributed by atoms with van der Waals surface area (Å²) in [6.07, 6.45) is 0. The van der Waals surface area contributed by atoms with Gasteiger partial charge in [0.2, 0.25) is 0 Å². The van der Waals surface area contributed by atoms with Crippen molar-refractivity contribution in [3.05, 3.63) is 65.2 Å². The SMILES string of the molecule is Cc1ccc(N(C)Cc2cccc(CN)c2)cc1. The molecule has 0 unspecified atom stereocenters. The fourth-order valence-electron chi connectivity index (χ4n) is 2.02. The highest BCUT2D eigenvalue weighted by molar-refractivity contribution is 5.47. The molecule has 18 heavy (non-hydrogen) atoms. The van der Waals surface area contributed by atoms with Gasteiger partial charge in [-0.05, 0) is 30.2 Å². The van der Waals surface area contributed by atoms with Crippen LogP contribution < -0.4 is 10.6 Å². The molecule has 94 valence electrons. The third kappa shape index (κ3) is 3.11. The van der Waals surface area contributed by atoms with E-state index in [0.29, 0.717) is 6.54 Å². The van der Waals surface area contributed by atoms with Crippen molar-refractivity contribution >= 4 is 5.69 Å². The van der Waals surface area contributed by atoms with Crippen LogP contribution in [0.15, 0.2) is 48.5 Å². The van der Waals surface area contributed by atoms with Gasteiger partial charge >= 0.3 is 0 Å². The van der Waals surface area contributed by atoms with E-state index in [4.69, 9.17) is 5.73 Å². The van der Waals surface area contributed by atoms with E-state index in [9.17, 15) is 0 Å². The summed E-state index contributed by atoms with van der Waals surface area (Å²) in [6.45, 7) is 3.60.